The van der Waals surface area contributed by atoms with E-state index in [4.69, 9.17) is 9.47 Å². The molecule has 2 aromatic rings. The number of hydrogen-bond donors (Lipinski definition) is 1. The van der Waals surface area contributed by atoms with Crippen molar-refractivity contribution in [1.82, 2.24) is 5.32 Å². The number of rotatable bonds is 5. The van der Waals surface area contributed by atoms with Crippen LogP contribution < -0.4 is 14.8 Å². The second-order valence-electron chi connectivity index (χ2n) is 7.28. The molecule has 4 nitrogen and oxygen atoms in total. The van der Waals surface area contributed by atoms with Gasteiger partial charge in [0, 0.05) is 6.54 Å². The van der Waals surface area contributed by atoms with Crippen molar-refractivity contribution in [2.24, 2.45) is 0 Å². The minimum atomic E-state index is -0.516. The van der Waals surface area contributed by atoms with Crippen molar-refractivity contribution in [2.45, 2.75) is 37.5 Å². The molecule has 0 spiro atoms. The first-order chi connectivity index (χ1) is 13.2. The van der Waals surface area contributed by atoms with Gasteiger partial charge in [-0.1, -0.05) is 31.0 Å². The van der Waals surface area contributed by atoms with Gasteiger partial charge in [-0.3, -0.25) is 4.79 Å². The molecular weight excluding hydrogens is 345 g/mol. The first-order valence-corrected chi connectivity index (χ1v) is 9.60. The Labute approximate surface area is 158 Å². The fourth-order valence-electron chi connectivity index (χ4n) is 4.15. The van der Waals surface area contributed by atoms with E-state index in [1.807, 2.05) is 24.3 Å². The van der Waals surface area contributed by atoms with E-state index < -0.39 is 5.41 Å². The number of carbonyl (C=O) groups excluding carboxylic acids is 1. The molecule has 0 saturated heterocycles. The van der Waals surface area contributed by atoms with Crippen molar-refractivity contribution in [3.05, 3.63) is 59.4 Å². The molecule has 27 heavy (non-hydrogen) atoms. The monoisotopic (exact) mass is 369 g/mol. The summed E-state index contributed by atoms with van der Waals surface area (Å²) in [7, 11) is 0. The van der Waals surface area contributed by atoms with Crippen LogP contribution in [0.1, 0.15) is 36.8 Å². The third-order valence-corrected chi connectivity index (χ3v) is 5.57. The molecule has 142 valence electrons. The Bertz CT molecular complexity index is 830. The average Bonchev–Trinajstić information content (AvgIpc) is 3.19. The van der Waals surface area contributed by atoms with E-state index in [0.717, 1.165) is 48.3 Å². The molecule has 0 bridgehead atoms. The topological polar surface area (TPSA) is 47.6 Å². The Morgan fingerprint density at radius 1 is 1.04 bits per heavy atom. The second-order valence-corrected chi connectivity index (χ2v) is 7.28. The molecule has 1 heterocycles. The zero-order chi connectivity index (χ0) is 18.7. The summed E-state index contributed by atoms with van der Waals surface area (Å²) in [5.74, 6) is 1.26. The normalized spacial score (nSPS) is 17.5. The number of hydrogen-bond acceptors (Lipinski definition) is 3. The molecule has 0 atom stereocenters. The van der Waals surface area contributed by atoms with Gasteiger partial charge in [-0.05, 0) is 54.7 Å². The van der Waals surface area contributed by atoms with E-state index in [1.165, 1.54) is 12.1 Å². The molecule has 0 aromatic heterocycles. The van der Waals surface area contributed by atoms with Gasteiger partial charge in [-0.2, -0.15) is 0 Å². The predicted molar refractivity (Wildman–Crippen MR) is 101 cm³/mol. The lowest BCUT2D eigenvalue weighted by Gasteiger charge is -2.30. The van der Waals surface area contributed by atoms with E-state index in [0.29, 0.717) is 26.2 Å². The van der Waals surface area contributed by atoms with Crippen molar-refractivity contribution >= 4 is 5.91 Å². The van der Waals surface area contributed by atoms with Crippen molar-refractivity contribution in [3.8, 4) is 11.5 Å². The number of ether oxygens (including phenoxy) is 2. The minimum Gasteiger partial charge on any atom is -0.486 e. The van der Waals surface area contributed by atoms with Crippen LogP contribution in [-0.2, 0) is 16.6 Å². The van der Waals surface area contributed by atoms with E-state index >= 15 is 0 Å². The van der Waals surface area contributed by atoms with Gasteiger partial charge in [0.25, 0.3) is 0 Å². The summed E-state index contributed by atoms with van der Waals surface area (Å²) in [6, 6.07) is 12.4. The minimum absolute atomic E-state index is 0.0491. The van der Waals surface area contributed by atoms with Gasteiger partial charge >= 0.3 is 0 Å². The molecule has 1 N–H and O–H groups in total. The van der Waals surface area contributed by atoms with Crippen LogP contribution in [0.3, 0.4) is 0 Å². The van der Waals surface area contributed by atoms with Gasteiger partial charge in [-0.15, -0.1) is 0 Å². The highest BCUT2D eigenvalue weighted by molar-refractivity contribution is 5.88. The van der Waals surface area contributed by atoms with Crippen molar-refractivity contribution in [1.29, 1.82) is 0 Å². The number of fused-ring (bicyclic) bond motifs is 1. The summed E-state index contributed by atoms with van der Waals surface area (Å²) >= 11 is 0. The number of halogens is 1. The third-order valence-electron chi connectivity index (χ3n) is 5.57. The van der Waals surface area contributed by atoms with Crippen molar-refractivity contribution < 1.29 is 18.7 Å². The second kappa shape index (κ2) is 7.59. The summed E-state index contributed by atoms with van der Waals surface area (Å²) < 4.78 is 24.6. The first kappa shape index (κ1) is 17.8. The van der Waals surface area contributed by atoms with Gasteiger partial charge in [0.2, 0.25) is 5.91 Å². The van der Waals surface area contributed by atoms with Crippen molar-refractivity contribution in [2.75, 3.05) is 19.8 Å². The maximum atomic E-state index is 13.3. The molecule has 2 aromatic carbocycles. The predicted octanol–water partition coefficient (Wildman–Crippen LogP) is 3.77. The highest BCUT2D eigenvalue weighted by atomic mass is 19.1. The molecule has 4 rings (SSSR count). The Morgan fingerprint density at radius 3 is 2.59 bits per heavy atom. The van der Waals surface area contributed by atoms with Crippen LogP contribution in [0.4, 0.5) is 4.39 Å². The zero-order valence-electron chi connectivity index (χ0n) is 15.3. The van der Waals surface area contributed by atoms with Gasteiger partial charge in [-0.25, -0.2) is 4.39 Å². The van der Waals surface area contributed by atoms with Crippen LogP contribution in [0.15, 0.2) is 42.5 Å². The van der Waals surface area contributed by atoms with E-state index in [9.17, 15) is 9.18 Å². The summed E-state index contributed by atoms with van der Waals surface area (Å²) in [4.78, 5) is 13.1. The lowest BCUT2D eigenvalue weighted by Crippen LogP contribution is -2.43. The fraction of sp³-hybridized carbons (Fsp3) is 0.409. The fourth-order valence-corrected chi connectivity index (χ4v) is 4.15. The smallest absolute Gasteiger partial charge is 0.230 e. The lowest BCUT2D eigenvalue weighted by molar-refractivity contribution is -0.126. The average molecular weight is 369 g/mol. The third kappa shape index (κ3) is 3.64. The molecule has 0 unspecified atom stereocenters. The molecule has 1 amide bonds. The maximum Gasteiger partial charge on any atom is 0.230 e. The summed E-state index contributed by atoms with van der Waals surface area (Å²) in [5, 5.41) is 3.08. The Balaban J connectivity index is 1.48. The number of benzene rings is 2. The van der Waals surface area contributed by atoms with Crippen LogP contribution in [0.5, 0.6) is 11.5 Å². The molecule has 1 aliphatic heterocycles. The van der Waals surface area contributed by atoms with E-state index in [-0.39, 0.29) is 11.7 Å². The highest BCUT2D eigenvalue weighted by Gasteiger charge is 2.43. The van der Waals surface area contributed by atoms with Gasteiger partial charge in [0.05, 0.1) is 5.41 Å². The summed E-state index contributed by atoms with van der Waals surface area (Å²) in [5.41, 5.74) is 1.36. The van der Waals surface area contributed by atoms with Gasteiger partial charge < -0.3 is 14.8 Å². The van der Waals surface area contributed by atoms with E-state index in [1.54, 1.807) is 6.07 Å². The zero-order valence-corrected chi connectivity index (χ0v) is 15.3. The van der Waals surface area contributed by atoms with Gasteiger partial charge in [0.15, 0.2) is 11.5 Å². The van der Waals surface area contributed by atoms with Crippen LogP contribution in [0, 0.1) is 5.82 Å². The van der Waals surface area contributed by atoms with Crippen molar-refractivity contribution in [3.63, 3.8) is 0 Å². The van der Waals surface area contributed by atoms with Gasteiger partial charge in [0.1, 0.15) is 19.0 Å². The maximum absolute atomic E-state index is 13.3. The quantitative estimate of drug-likeness (QED) is 0.873. The number of nitrogens with one attached hydrogen (secondary N) is 1. The molecule has 2 aliphatic rings. The van der Waals surface area contributed by atoms with Crippen LogP contribution in [-0.4, -0.2) is 25.7 Å². The lowest BCUT2D eigenvalue weighted by atomic mass is 9.77. The Hall–Kier alpha value is -2.56. The molecule has 0 radical (unpaired) electrons. The van der Waals surface area contributed by atoms with E-state index in [2.05, 4.69) is 5.32 Å². The number of carbonyl (C=O) groups is 1. The molecule has 5 heteroatoms. The van der Waals surface area contributed by atoms with Crippen LogP contribution >= 0.6 is 0 Å². The summed E-state index contributed by atoms with van der Waals surface area (Å²) in [6.45, 7) is 1.58. The molecule has 1 saturated carbocycles. The standard InChI is InChI=1S/C22H24FNO3/c23-18-5-3-4-16(14-18)8-11-24-21(25)22(9-1-2-10-22)17-6-7-19-20(15-17)27-13-12-26-19/h3-7,14-15H,1-2,8-13H2,(H,24,25). The number of amides is 1. The SMILES string of the molecule is O=C(NCCc1cccc(F)c1)C1(c2ccc3c(c2)OCCO3)CCCC1. The van der Waals surface area contributed by atoms with Crippen LogP contribution in [0.25, 0.3) is 0 Å². The van der Waals surface area contributed by atoms with Crippen LogP contribution in [0.2, 0.25) is 0 Å². The molecule has 1 fully saturated rings. The Morgan fingerprint density at radius 2 is 1.81 bits per heavy atom. The highest BCUT2D eigenvalue weighted by Crippen LogP contribution is 2.44. The molecule has 1 aliphatic carbocycles. The summed E-state index contributed by atoms with van der Waals surface area (Å²) in [6.07, 6.45) is 4.34. The largest absolute Gasteiger partial charge is 0.486 e. The Kier molecular flexibility index (Phi) is 5.01. The molecular formula is C22H24FNO3. The first-order valence-electron chi connectivity index (χ1n) is 9.60.